The van der Waals surface area contributed by atoms with E-state index in [0.29, 0.717) is 5.56 Å². The average Bonchev–Trinajstić information content (AvgIpc) is 2.69. The molecule has 1 aromatic heterocycles. The van der Waals surface area contributed by atoms with Crippen LogP contribution in [0.4, 0.5) is 0 Å². The number of H-pyrrole nitrogens is 1. The molecule has 17 heavy (non-hydrogen) atoms. The number of amides is 1. The molecule has 0 atom stereocenters. The Balaban J connectivity index is 2.53. The first-order valence-corrected chi connectivity index (χ1v) is 5.82. The molecule has 1 amide bonds. The Kier molecular flexibility index (Phi) is 3.02. The van der Waals surface area contributed by atoms with Crippen molar-refractivity contribution in [1.29, 1.82) is 0 Å². The maximum absolute atomic E-state index is 11.9. The monoisotopic (exact) mass is 294 g/mol. The fraction of sp³-hybridized carbons (Fsp3) is 0.167. The van der Waals surface area contributed by atoms with E-state index in [1.54, 1.807) is 20.3 Å². The highest BCUT2D eigenvalue weighted by atomic mass is 79.9. The molecule has 1 N–H and O–H groups in total. The standard InChI is InChI=1S/C12H11BrN2O2/c1-15(2)12(17)11(16)9-6-14-10-4-3-7(13)5-8(9)10/h3-6,14H,1-2H3. The molecule has 0 radical (unpaired) electrons. The Labute approximate surface area is 107 Å². The molecule has 5 heteroatoms. The van der Waals surface area contributed by atoms with Gasteiger partial charge in [0.05, 0.1) is 5.56 Å². The van der Waals surface area contributed by atoms with E-state index in [2.05, 4.69) is 20.9 Å². The van der Waals surface area contributed by atoms with E-state index in [-0.39, 0.29) is 0 Å². The molecule has 1 aromatic carbocycles. The van der Waals surface area contributed by atoms with E-state index in [0.717, 1.165) is 15.4 Å². The van der Waals surface area contributed by atoms with Gasteiger partial charge in [-0.3, -0.25) is 9.59 Å². The van der Waals surface area contributed by atoms with Crippen LogP contribution >= 0.6 is 15.9 Å². The number of carbonyl (C=O) groups excluding carboxylic acids is 2. The number of nitrogens with one attached hydrogen (secondary N) is 1. The van der Waals surface area contributed by atoms with Gasteiger partial charge in [0.2, 0.25) is 0 Å². The molecule has 0 aliphatic heterocycles. The van der Waals surface area contributed by atoms with Crippen molar-refractivity contribution in [3.63, 3.8) is 0 Å². The summed E-state index contributed by atoms with van der Waals surface area (Å²) in [6.45, 7) is 0. The number of halogens is 1. The van der Waals surface area contributed by atoms with E-state index < -0.39 is 11.7 Å². The number of fused-ring (bicyclic) bond motifs is 1. The first-order chi connectivity index (χ1) is 8.00. The Morgan fingerprint density at radius 1 is 1.29 bits per heavy atom. The van der Waals surface area contributed by atoms with Gasteiger partial charge in [0.1, 0.15) is 0 Å². The van der Waals surface area contributed by atoms with E-state index in [1.165, 1.54) is 4.90 Å². The SMILES string of the molecule is CN(C)C(=O)C(=O)c1c[nH]c2ccc(Br)cc12. The lowest BCUT2D eigenvalue weighted by atomic mass is 10.1. The number of aromatic amines is 1. The molecule has 0 saturated heterocycles. The molecule has 2 rings (SSSR count). The number of rotatable bonds is 2. The fourth-order valence-corrected chi connectivity index (χ4v) is 1.96. The van der Waals surface area contributed by atoms with Crippen molar-refractivity contribution < 1.29 is 9.59 Å². The minimum atomic E-state index is -0.522. The average molecular weight is 295 g/mol. The molecule has 4 nitrogen and oxygen atoms in total. The molecule has 0 saturated carbocycles. The van der Waals surface area contributed by atoms with E-state index in [4.69, 9.17) is 0 Å². The Morgan fingerprint density at radius 3 is 2.65 bits per heavy atom. The Hall–Kier alpha value is -1.62. The molecule has 0 unspecified atom stereocenters. The van der Waals surface area contributed by atoms with Gasteiger partial charge in [-0.1, -0.05) is 15.9 Å². The van der Waals surface area contributed by atoms with Gasteiger partial charge in [0.25, 0.3) is 11.7 Å². The zero-order valence-electron chi connectivity index (χ0n) is 9.45. The maximum Gasteiger partial charge on any atom is 0.294 e. The highest BCUT2D eigenvalue weighted by Gasteiger charge is 2.21. The van der Waals surface area contributed by atoms with Crippen LogP contribution in [0.25, 0.3) is 10.9 Å². The van der Waals surface area contributed by atoms with Gasteiger partial charge in [-0.05, 0) is 18.2 Å². The Morgan fingerprint density at radius 2 is 2.00 bits per heavy atom. The fourth-order valence-electron chi connectivity index (χ4n) is 1.60. The van der Waals surface area contributed by atoms with Gasteiger partial charge in [-0.25, -0.2) is 0 Å². The number of hydrogen-bond donors (Lipinski definition) is 1. The van der Waals surface area contributed by atoms with E-state index in [9.17, 15) is 9.59 Å². The highest BCUT2D eigenvalue weighted by Crippen LogP contribution is 2.23. The normalized spacial score (nSPS) is 10.5. The summed E-state index contributed by atoms with van der Waals surface area (Å²) in [6.07, 6.45) is 1.57. The van der Waals surface area contributed by atoms with Gasteiger partial charge in [-0.2, -0.15) is 0 Å². The van der Waals surface area contributed by atoms with Gasteiger partial charge >= 0.3 is 0 Å². The molecule has 1 heterocycles. The van der Waals surface area contributed by atoms with Crippen molar-refractivity contribution in [2.24, 2.45) is 0 Å². The minimum absolute atomic E-state index is 0.403. The highest BCUT2D eigenvalue weighted by molar-refractivity contribution is 9.10. The third kappa shape index (κ3) is 2.10. The summed E-state index contributed by atoms with van der Waals surface area (Å²) in [4.78, 5) is 27.8. The lowest BCUT2D eigenvalue weighted by Crippen LogP contribution is -2.29. The predicted octanol–water partition coefficient (Wildman–Crippen LogP) is 2.20. The number of aromatic nitrogens is 1. The summed E-state index contributed by atoms with van der Waals surface area (Å²) >= 11 is 3.35. The van der Waals surface area contributed by atoms with Crippen LogP contribution < -0.4 is 0 Å². The number of ketones is 1. The maximum atomic E-state index is 11.9. The smallest absolute Gasteiger partial charge is 0.294 e. The molecular weight excluding hydrogens is 284 g/mol. The number of nitrogens with zero attached hydrogens (tertiary/aromatic N) is 1. The molecule has 0 spiro atoms. The first-order valence-electron chi connectivity index (χ1n) is 5.03. The molecular formula is C12H11BrN2O2. The molecule has 0 aliphatic rings. The van der Waals surface area contributed by atoms with Crippen molar-refractivity contribution in [2.75, 3.05) is 14.1 Å². The third-order valence-corrected chi connectivity index (χ3v) is 2.98. The molecule has 0 bridgehead atoms. The van der Waals surface area contributed by atoms with Crippen LogP contribution in [0, 0.1) is 0 Å². The van der Waals surface area contributed by atoms with Crippen molar-refractivity contribution >= 4 is 38.5 Å². The van der Waals surface area contributed by atoms with Gasteiger partial charge in [0.15, 0.2) is 0 Å². The largest absolute Gasteiger partial charge is 0.360 e. The predicted molar refractivity (Wildman–Crippen MR) is 69.0 cm³/mol. The van der Waals surface area contributed by atoms with Crippen molar-refractivity contribution in [2.45, 2.75) is 0 Å². The molecule has 0 fully saturated rings. The summed E-state index contributed by atoms with van der Waals surface area (Å²) in [5.41, 5.74) is 1.24. The van der Waals surface area contributed by atoms with Crippen LogP contribution in [0.2, 0.25) is 0 Å². The van der Waals surface area contributed by atoms with Crippen LogP contribution in [0.5, 0.6) is 0 Å². The number of likely N-dealkylation sites (N-methyl/N-ethyl adjacent to an activating group) is 1. The zero-order valence-corrected chi connectivity index (χ0v) is 11.0. The number of benzene rings is 1. The lowest BCUT2D eigenvalue weighted by molar-refractivity contribution is -0.124. The van der Waals surface area contributed by atoms with Gasteiger partial charge < -0.3 is 9.88 Å². The lowest BCUT2D eigenvalue weighted by Gasteiger charge is -2.07. The van der Waals surface area contributed by atoms with Crippen molar-refractivity contribution in [3.8, 4) is 0 Å². The number of Topliss-reactive ketones (excluding diaryl/α,β-unsaturated/α-hetero) is 1. The third-order valence-electron chi connectivity index (χ3n) is 2.49. The molecule has 0 aliphatic carbocycles. The van der Waals surface area contributed by atoms with Gasteiger partial charge in [-0.15, -0.1) is 0 Å². The number of carbonyl (C=O) groups is 2. The summed E-state index contributed by atoms with van der Waals surface area (Å²) in [6, 6.07) is 5.55. The summed E-state index contributed by atoms with van der Waals surface area (Å²) in [5.74, 6) is -1.02. The number of hydrogen-bond acceptors (Lipinski definition) is 2. The quantitative estimate of drug-likeness (QED) is 0.682. The van der Waals surface area contributed by atoms with Crippen molar-refractivity contribution in [1.82, 2.24) is 9.88 Å². The van der Waals surface area contributed by atoms with Crippen LogP contribution in [-0.2, 0) is 4.79 Å². The Bertz CT molecular complexity index is 602. The second kappa shape index (κ2) is 4.33. The topological polar surface area (TPSA) is 53.2 Å². The first kappa shape index (κ1) is 11.9. The van der Waals surface area contributed by atoms with Crippen LogP contribution in [0.1, 0.15) is 10.4 Å². The van der Waals surface area contributed by atoms with Crippen LogP contribution in [-0.4, -0.2) is 35.7 Å². The molecule has 88 valence electrons. The van der Waals surface area contributed by atoms with Crippen LogP contribution in [0.15, 0.2) is 28.9 Å². The van der Waals surface area contributed by atoms with Crippen LogP contribution in [0.3, 0.4) is 0 Å². The van der Waals surface area contributed by atoms with E-state index in [1.807, 2.05) is 18.2 Å². The summed E-state index contributed by atoms with van der Waals surface area (Å²) in [7, 11) is 3.12. The summed E-state index contributed by atoms with van der Waals surface area (Å²) < 4.78 is 0.871. The second-order valence-corrected chi connectivity index (χ2v) is 4.84. The van der Waals surface area contributed by atoms with Gasteiger partial charge in [0, 0.05) is 35.7 Å². The zero-order chi connectivity index (χ0) is 12.6. The second-order valence-electron chi connectivity index (χ2n) is 3.92. The molecule has 2 aromatic rings. The summed E-state index contributed by atoms with van der Waals surface area (Å²) in [5, 5.41) is 0.750. The van der Waals surface area contributed by atoms with Crippen molar-refractivity contribution in [3.05, 3.63) is 34.4 Å². The van der Waals surface area contributed by atoms with E-state index >= 15 is 0 Å². The minimum Gasteiger partial charge on any atom is -0.360 e.